The minimum absolute atomic E-state index is 0.0773. The van der Waals surface area contributed by atoms with E-state index in [0.29, 0.717) is 0 Å². The highest BCUT2D eigenvalue weighted by Gasteiger charge is 2.69. The Labute approximate surface area is 199 Å². The standard InChI is InChI=1S/C30H29N2O2/c1-6-20-27-24(30(20,33)15-34-5)19-14-18-8-7-10-31-26(18)25-23(19)28-22-17(9-11-32(27)28)12-16(2)13-21(22)29(25,3)4/h6-14,20,24,27,33H,1,15H2,2-5H3/q+1. The SMILES string of the molecule is C=CC1C2C(c3cc4cccnc4c4c3-c3c5c(cc(C)cc5cc[n+]32)C4(C)C)C1(O)COC. The third kappa shape index (κ3) is 2.13. The van der Waals surface area contributed by atoms with E-state index in [2.05, 4.69) is 68.4 Å². The van der Waals surface area contributed by atoms with Crippen LogP contribution in [-0.2, 0) is 10.2 Å². The maximum atomic E-state index is 12.0. The molecular weight excluding hydrogens is 420 g/mol. The van der Waals surface area contributed by atoms with Gasteiger partial charge in [-0.3, -0.25) is 4.98 Å². The molecule has 34 heavy (non-hydrogen) atoms. The van der Waals surface area contributed by atoms with Crippen LogP contribution in [0.5, 0.6) is 0 Å². The third-order valence-corrected chi connectivity index (χ3v) is 8.79. The predicted molar refractivity (Wildman–Crippen MR) is 134 cm³/mol. The molecule has 3 aliphatic rings. The van der Waals surface area contributed by atoms with Gasteiger partial charge in [0.15, 0.2) is 12.2 Å². The fourth-order valence-corrected chi connectivity index (χ4v) is 7.49. The van der Waals surface area contributed by atoms with Crippen LogP contribution in [0.2, 0.25) is 0 Å². The lowest BCUT2D eigenvalue weighted by Gasteiger charge is -2.56. The van der Waals surface area contributed by atoms with E-state index in [1.165, 1.54) is 44.3 Å². The highest BCUT2D eigenvalue weighted by Crippen LogP contribution is 2.64. The Morgan fingerprint density at radius 1 is 1.21 bits per heavy atom. The number of pyridine rings is 2. The average Bonchev–Trinajstić information content (AvgIpc) is 2.80. The Balaban J connectivity index is 1.71. The van der Waals surface area contributed by atoms with E-state index in [0.717, 1.165) is 10.9 Å². The molecule has 0 radical (unpaired) electrons. The van der Waals surface area contributed by atoms with Gasteiger partial charge in [-0.05, 0) is 35.6 Å². The van der Waals surface area contributed by atoms with Crippen molar-refractivity contribution in [3.8, 4) is 11.3 Å². The summed E-state index contributed by atoms with van der Waals surface area (Å²) in [5.41, 5.74) is 7.43. The molecule has 0 spiro atoms. The summed E-state index contributed by atoms with van der Waals surface area (Å²) in [6, 6.07) is 13.4. The first-order valence-corrected chi connectivity index (χ1v) is 12.1. The molecule has 2 aromatic carbocycles. The second-order valence-electron chi connectivity index (χ2n) is 10.9. The lowest BCUT2D eigenvalue weighted by Crippen LogP contribution is -2.71. The van der Waals surface area contributed by atoms with E-state index in [-0.39, 0.29) is 29.9 Å². The zero-order valence-electron chi connectivity index (χ0n) is 20.1. The molecule has 1 aliphatic heterocycles. The maximum absolute atomic E-state index is 12.0. The van der Waals surface area contributed by atoms with Crippen LogP contribution in [0.4, 0.5) is 0 Å². The quantitative estimate of drug-likeness (QED) is 0.349. The van der Waals surface area contributed by atoms with Crippen LogP contribution >= 0.6 is 0 Å². The minimum Gasteiger partial charge on any atom is -0.386 e. The lowest BCUT2D eigenvalue weighted by molar-refractivity contribution is -0.743. The summed E-state index contributed by atoms with van der Waals surface area (Å²) in [6.45, 7) is 11.2. The molecule has 1 saturated carbocycles. The van der Waals surface area contributed by atoms with Crippen LogP contribution in [0.15, 0.2) is 61.4 Å². The number of aliphatic hydroxyl groups is 1. The van der Waals surface area contributed by atoms with E-state index in [1.807, 2.05) is 18.3 Å². The van der Waals surface area contributed by atoms with Crippen molar-refractivity contribution in [3.05, 3.63) is 83.7 Å². The number of fused-ring (bicyclic) bond motifs is 5. The van der Waals surface area contributed by atoms with E-state index in [1.54, 1.807) is 7.11 Å². The summed E-state index contributed by atoms with van der Waals surface area (Å²) in [4.78, 5) is 4.90. The Kier molecular flexibility index (Phi) is 3.78. The van der Waals surface area contributed by atoms with Crippen molar-refractivity contribution in [1.29, 1.82) is 0 Å². The van der Waals surface area contributed by atoms with Gasteiger partial charge < -0.3 is 9.84 Å². The average molecular weight is 450 g/mol. The van der Waals surface area contributed by atoms with E-state index >= 15 is 0 Å². The van der Waals surface area contributed by atoms with E-state index in [4.69, 9.17) is 9.72 Å². The van der Waals surface area contributed by atoms with Crippen molar-refractivity contribution < 1.29 is 14.4 Å². The highest BCUT2D eigenvalue weighted by atomic mass is 16.5. The van der Waals surface area contributed by atoms with Crippen molar-refractivity contribution in [1.82, 2.24) is 4.98 Å². The highest BCUT2D eigenvalue weighted by molar-refractivity contribution is 6.05. The van der Waals surface area contributed by atoms with Gasteiger partial charge in [0.1, 0.15) is 5.60 Å². The van der Waals surface area contributed by atoms with Crippen LogP contribution < -0.4 is 4.57 Å². The first-order chi connectivity index (χ1) is 16.3. The molecular formula is C30H29N2O2+. The number of hydrogen-bond acceptors (Lipinski definition) is 3. The normalized spacial score (nSPS) is 27.4. The van der Waals surface area contributed by atoms with Gasteiger partial charge in [-0.1, -0.05) is 43.7 Å². The van der Waals surface area contributed by atoms with Crippen LogP contribution in [0.1, 0.15) is 48.1 Å². The molecule has 0 saturated heterocycles. The number of hydrogen-bond donors (Lipinski definition) is 1. The molecule has 4 heteroatoms. The van der Waals surface area contributed by atoms with Crippen LogP contribution in [0.3, 0.4) is 0 Å². The summed E-state index contributed by atoms with van der Waals surface area (Å²) in [5, 5.41) is 15.7. The lowest BCUT2D eigenvalue weighted by atomic mass is 9.51. The number of aromatic nitrogens is 2. The molecule has 4 atom stereocenters. The van der Waals surface area contributed by atoms with Gasteiger partial charge in [0, 0.05) is 35.7 Å². The molecule has 2 aromatic heterocycles. The van der Waals surface area contributed by atoms with E-state index < -0.39 is 5.60 Å². The predicted octanol–water partition coefficient (Wildman–Crippen LogP) is 5.12. The zero-order chi connectivity index (χ0) is 23.6. The van der Waals surface area contributed by atoms with Crippen molar-refractivity contribution in [2.75, 3.05) is 13.7 Å². The number of benzene rings is 2. The number of methoxy groups -OCH3 is 1. The molecule has 7 rings (SSSR count). The first kappa shape index (κ1) is 20.3. The van der Waals surface area contributed by atoms with Gasteiger partial charge in [-0.25, -0.2) is 0 Å². The minimum atomic E-state index is -0.998. The van der Waals surface area contributed by atoms with Gasteiger partial charge in [0.25, 0.3) is 0 Å². The molecule has 0 amide bonds. The number of rotatable bonds is 3. The van der Waals surface area contributed by atoms with Crippen molar-refractivity contribution in [3.63, 3.8) is 0 Å². The summed E-state index contributed by atoms with van der Waals surface area (Å²) in [6.07, 6.45) is 6.03. The molecule has 0 bridgehead atoms. The molecule has 3 heterocycles. The fraction of sp³-hybridized carbons (Fsp3) is 0.333. The third-order valence-electron chi connectivity index (χ3n) is 8.79. The molecule has 1 N–H and O–H groups in total. The molecule has 4 aromatic rings. The molecule has 4 nitrogen and oxygen atoms in total. The maximum Gasteiger partial charge on any atom is 0.221 e. The second-order valence-corrected chi connectivity index (χ2v) is 10.9. The molecule has 2 aliphatic carbocycles. The summed E-state index contributed by atoms with van der Waals surface area (Å²) in [7, 11) is 1.67. The van der Waals surface area contributed by atoms with Gasteiger partial charge in [-0.2, -0.15) is 4.57 Å². The van der Waals surface area contributed by atoms with Gasteiger partial charge in [0.05, 0.1) is 34.9 Å². The number of aryl methyl sites for hydroxylation is 1. The largest absolute Gasteiger partial charge is 0.386 e. The molecule has 4 unspecified atom stereocenters. The number of ether oxygens (including phenoxy) is 1. The Morgan fingerprint density at radius 2 is 2.03 bits per heavy atom. The van der Waals surface area contributed by atoms with Crippen molar-refractivity contribution >= 4 is 21.7 Å². The Morgan fingerprint density at radius 3 is 2.79 bits per heavy atom. The molecule has 1 fully saturated rings. The zero-order valence-corrected chi connectivity index (χ0v) is 20.1. The first-order valence-electron chi connectivity index (χ1n) is 12.1. The topological polar surface area (TPSA) is 46.2 Å². The summed E-state index contributed by atoms with van der Waals surface area (Å²) in [5.74, 6) is -0.173. The fourth-order valence-electron chi connectivity index (χ4n) is 7.49. The van der Waals surface area contributed by atoms with Gasteiger partial charge in [-0.15, -0.1) is 6.58 Å². The molecule has 170 valence electrons. The van der Waals surface area contributed by atoms with Crippen molar-refractivity contribution in [2.24, 2.45) is 5.92 Å². The Bertz CT molecular complexity index is 1570. The number of nitrogens with zero attached hydrogens (tertiary/aromatic N) is 2. The van der Waals surface area contributed by atoms with Gasteiger partial charge >= 0.3 is 0 Å². The van der Waals surface area contributed by atoms with Crippen molar-refractivity contribution in [2.45, 2.75) is 43.7 Å². The Hall–Kier alpha value is -3.08. The van der Waals surface area contributed by atoms with Crippen LogP contribution in [-0.4, -0.2) is 29.4 Å². The summed E-state index contributed by atoms with van der Waals surface area (Å²) < 4.78 is 7.98. The monoisotopic (exact) mass is 449 g/mol. The second kappa shape index (κ2) is 6.32. The summed E-state index contributed by atoms with van der Waals surface area (Å²) >= 11 is 0. The van der Waals surface area contributed by atoms with Crippen LogP contribution in [0, 0.1) is 12.8 Å². The van der Waals surface area contributed by atoms with Gasteiger partial charge in [0.2, 0.25) is 5.69 Å². The van der Waals surface area contributed by atoms with E-state index in [9.17, 15) is 5.11 Å². The smallest absolute Gasteiger partial charge is 0.221 e. The van der Waals surface area contributed by atoms with Crippen LogP contribution in [0.25, 0.3) is 32.9 Å².